The molecule has 82 valence electrons. The summed E-state index contributed by atoms with van der Waals surface area (Å²) in [7, 11) is 0. The summed E-state index contributed by atoms with van der Waals surface area (Å²) in [5.41, 5.74) is 1.84. The van der Waals surface area contributed by atoms with Crippen LogP contribution >= 0.6 is 11.6 Å². The van der Waals surface area contributed by atoms with Gasteiger partial charge in [-0.2, -0.15) is 0 Å². The molecule has 0 radical (unpaired) electrons. The first kappa shape index (κ1) is 12.1. The summed E-state index contributed by atoms with van der Waals surface area (Å²) in [6.45, 7) is 4.02. The van der Waals surface area contributed by atoms with Crippen molar-refractivity contribution in [1.82, 2.24) is 0 Å². The predicted octanol–water partition coefficient (Wildman–Crippen LogP) is 3.78. The third-order valence-corrected chi connectivity index (χ3v) is 2.47. The lowest BCUT2D eigenvalue weighted by Gasteiger charge is -2.08. The number of amides is 1. The van der Waals surface area contributed by atoms with Gasteiger partial charge in [0.05, 0.1) is 0 Å². The van der Waals surface area contributed by atoms with Crippen LogP contribution < -0.4 is 5.32 Å². The monoisotopic (exact) mass is 225 g/mol. The highest BCUT2D eigenvalue weighted by Crippen LogP contribution is 2.20. The number of carbonyl (C=O) groups excluding carboxylic acids is 1. The van der Waals surface area contributed by atoms with E-state index in [2.05, 4.69) is 12.2 Å². The highest BCUT2D eigenvalue weighted by molar-refractivity contribution is 6.31. The second kappa shape index (κ2) is 5.76. The second-order valence-electron chi connectivity index (χ2n) is 3.61. The van der Waals surface area contributed by atoms with Crippen molar-refractivity contribution in [3.8, 4) is 0 Å². The highest BCUT2D eigenvalue weighted by atomic mass is 35.5. The molecule has 0 fully saturated rings. The Kier molecular flexibility index (Phi) is 4.63. The minimum Gasteiger partial charge on any atom is -0.326 e. The van der Waals surface area contributed by atoms with Crippen molar-refractivity contribution in [3.05, 3.63) is 28.8 Å². The molecule has 2 nitrogen and oxygen atoms in total. The maximum atomic E-state index is 11.5. The number of carbonyl (C=O) groups is 1. The Bertz CT molecular complexity index is 349. The number of unbranched alkanes of at least 4 members (excludes halogenated alkanes) is 1. The van der Waals surface area contributed by atoms with Crippen LogP contribution in [0.15, 0.2) is 18.2 Å². The molecular weight excluding hydrogens is 210 g/mol. The lowest BCUT2D eigenvalue weighted by molar-refractivity contribution is -0.116. The Morgan fingerprint density at radius 2 is 2.20 bits per heavy atom. The van der Waals surface area contributed by atoms with E-state index in [1.165, 1.54) is 0 Å². The standard InChI is InChI=1S/C12H16ClNO/c1-3-4-5-12(15)14-11-8-10(13)7-6-9(11)2/h6-8H,3-5H2,1-2H3,(H,14,15). The number of hydrogen-bond acceptors (Lipinski definition) is 1. The van der Waals surface area contributed by atoms with Crippen LogP contribution in [-0.4, -0.2) is 5.91 Å². The summed E-state index contributed by atoms with van der Waals surface area (Å²) in [6.07, 6.45) is 2.52. The Morgan fingerprint density at radius 1 is 1.47 bits per heavy atom. The van der Waals surface area contributed by atoms with Crippen LogP contribution in [0.5, 0.6) is 0 Å². The van der Waals surface area contributed by atoms with Crippen LogP contribution in [0, 0.1) is 6.92 Å². The van der Waals surface area contributed by atoms with Gasteiger partial charge >= 0.3 is 0 Å². The Hall–Kier alpha value is -1.02. The third-order valence-electron chi connectivity index (χ3n) is 2.23. The number of aryl methyl sites for hydroxylation is 1. The summed E-state index contributed by atoms with van der Waals surface area (Å²) >= 11 is 5.85. The summed E-state index contributed by atoms with van der Waals surface area (Å²) in [6, 6.07) is 5.50. The van der Waals surface area contributed by atoms with Crippen LogP contribution in [0.2, 0.25) is 5.02 Å². The van der Waals surface area contributed by atoms with Gasteiger partial charge in [0.1, 0.15) is 0 Å². The molecule has 15 heavy (non-hydrogen) atoms. The molecule has 0 atom stereocenters. The predicted molar refractivity (Wildman–Crippen MR) is 64.3 cm³/mol. The molecule has 0 aliphatic carbocycles. The molecule has 0 unspecified atom stereocenters. The summed E-state index contributed by atoms with van der Waals surface area (Å²) < 4.78 is 0. The molecule has 0 bridgehead atoms. The van der Waals surface area contributed by atoms with Crippen LogP contribution in [0.4, 0.5) is 5.69 Å². The van der Waals surface area contributed by atoms with E-state index in [4.69, 9.17) is 11.6 Å². The van der Waals surface area contributed by atoms with E-state index in [0.717, 1.165) is 24.1 Å². The van der Waals surface area contributed by atoms with Gasteiger partial charge in [-0.25, -0.2) is 0 Å². The van der Waals surface area contributed by atoms with Crippen molar-refractivity contribution >= 4 is 23.2 Å². The van der Waals surface area contributed by atoms with Gasteiger partial charge in [-0.05, 0) is 31.0 Å². The van der Waals surface area contributed by atoms with E-state index in [9.17, 15) is 4.79 Å². The van der Waals surface area contributed by atoms with Crippen molar-refractivity contribution in [2.24, 2.45) is 0 Å². The average molecular weight is 226 g/mol. The lowest BCUT2D eigenvalue weighted by atomic mass is 10.2. The van der Waals surface area contributed by atoms with Crippen LogP contribution in [0.1, 0.15) is 31.7 Å². The van der Waals surface area contributed by atoms with Gasteiger partial charge in [-0.3, -0.25) is 4.79 Å². The fourth-order valence-corrected chi connectivity index (χ4v) is 1.45. The minimum atomic E-state index is 0.0576. The van der Waals surface area contributed by atoms with Gasteiger partial charge in [-0.1, -0.05) is 31.0 Å². The quantitative estimate of drug-likeness (QED) is 0.830. The van der Waals surface area contributed by atoms with Gasteiger partial charge in [-0.15, -0.1) is 0 Å². The van der Waals surface area contributed by atoms with E-state index in [1.807, 2.05) is 19.1 Å². The highest BCUT2D eigenvalue weighted by Gasteiger charge is 2.04. The van der Waals surface area contributed by atoms with E-state index in [1.54, 1.807) is 6.07 Å². The molecule has 1 aromatic carbocycles. The SMILES string of the molecule is CCCCC(=O)Nc1cc(Cl)ccc1C. The maximum absolute atomic E-state index is 11.5. The van der Waals surface area contributed by atoms with Gasteiger partial charge in [0, 0.05) is 17.1 Å². The van der Waals surface area contributed by atoms with Crippen molar-refractivity contribution < 1.29 is 4.79 Å². The van der Waals surface area contributed by atoms with Crippen molar-refractivity contribution in [2.75, 3.05) is 5.32 Å². The molecule has 0 spiro atoms. The minimum absolute atomic E-state index is 0.0576. The molecule has 1 N–H and O–H groups in total. The van der Waals surface area contributed by atoms with Crippen molar-refractivity contribution in [1.29, 1.82) is 0 Å². The zero-order valence-electron chi connectivity index (χ0n) is 9.14. The van der Waals surface area contributed by atoms with Gasteiger partial charge in [0.15, 0.2) is 0 Å². The fraction of sp³-hybridized carbons (Fsp3) is 0.417. The van der Waals surface area contributed by atoms with Crippen molar-refractivity contribution in [3.63, 3.8) is 0 Å². The normalized spacial score (nSPS) is 10.1. The maximum Gasteiger partial charge on any atom is 0.224 e. The molecule has 1 aromatic rings. The van der Waals surface area contributed by atoms with E-state index >= 15 is 0 Å². The first-order chi connectivity index (χ1) is 7.13. The smallest absolute Gasteiger partial charge is 0.224 e. The van der Waals surface area contributed by atoms with Crippen LogP contribution in [0.25, 0.3) is 0 Å². The summed E-state index contributed by atoms with van der Waals surface area (Å²) in [5.74, 6) is 0.0576. The number of benzene rings is 1. The molecular formula is C12H16ClNO. The number of halogens is 1. The molecule has 1 amide bonds. The number of anilines is 1. The topological polar surface area (TPSA) is 29.1 Å². The number of nitrogens with one attached hydrogen (secondary N) is 1. The molecule has 3 heteroatoms. The van der Waals surface area contributed by atoms with E-state index in [0.29, 0.717) is 11.4 Å². The average Bonchev–Trinajstić information content (AvgIpc) is 2.20. The van der Waals surface area contributed by atoms with Crippen molar-refractivity contribution in [2.45, 2.75) is 33.1 Å². The summed E-state index contributed by atoms with van der Waals surface area (Å²) in [4.78, 5) is 11.5. The molecule has 0 aliphatic rings. The van der Waals surface area contributed by atoms with Crippen LogP contribution in [0.3, 0.4) is 0 Å². The molecule has 0 saturated heterocycles. The van der Waals surface area contributed by atoms with Gasteiger partial charge in [0.25, 0.3) is 0 Å². The molecule has 1 rings (SSSR count). The van der Waals surface area contributed by atoms with E-state index in [-0.39, 0.29) is 5.91 Å². The Labute approximate surface area is 95.6 Å². The Balaban J connectivity index is 2.63. The molecule has 0 saturated carbocycles. The van der Waals surface area contributed by atoms with E-state index < -0.39 is 0 Å². The van der Waals surface area contributed by atoms with Crippen LogP contribution in [-0.2, 0) is 4.79 Å². The van der Waals surface area contributed by atoms with Gasteiger partial charge in [0.2, 0.25) is 5.91 Å². The zero-order chi connectivity index (χ0) is 11.3. The lowest BCUT2D eigenvalue weighted by Crippen LogP contribution is -2.11. The molecule has 0 heterocycles. The number of hydrogen-bond donors (Lipinski definition) is 1. The largest absolute Gasteiger partial charge is 0.326 e. The fourth-order valence-electron chi connectivity index (χ4n) is 1.28. The zero-order valence-corrected chi connectivity index (χ0v) is 9.90. The van der Waals surface area contributed by atoms with Gasteiger partial charge < -0.3 is 5.32 Å². The first-order valence-corrected chi connectivity index (χ1v) is 5.57. The molecule has 0 aliphatic heterocycles. The summed E-state index contributed by atoms with van der Waals surface area (Å²) in [5, 5.41) is 3.51. The third kappa shape index (κ3) is 3.92. The Morgan fingerprint density at radius 3 is 2.87 bits per heavy atom. The first-order valence-electron chi connectivity index (χ1n) is 5.19. The second-order valence-corrected chi connectivity index (χ2v) is 4.05. The number of rotatable bonds is 4. The molecule has 0 aromatic heterocycles.